The van der Waals surface area contributed by atoms with Crippen LogP contribution in [0.15, 0.2) is 24.3 Å². The van der Waals surface area contributed by atoms with Gasteiger partial charge in [-0.2, -0.15) is 0 Å². The Kier molecular flexibility index (Phi) is 7.65. The summed E-state index contributed by atoms with van der Waals surface area (Å²) >= 11 is 0. The highest BCUT2D eigenvalue weighted by Crippen LogP contribution is 2.22. The molecule has 0 aromatic heterocycles. The maximum absolute atomic E-state index is 12.4. The van der Waals surface area contributed by atoms with Gasteiger partial charge in [0, 0.05) is 12.2 Å². The minimum absolute atomic E-state index is 0.398. The fourth-order valence-electron chi connectivity index (χ4n) is 3.11. The molecular weight excluding hydrogens is 372 g/mol. The summed E-state index contributed by atoms with van der Waals surface area (Å²) in [5.74, 6) is -0.549. The van der Waals surface area contributed by atoms with E-state index in [1.165, 1.54) is 10.5 Å². The van der Waals surface area contributed by atoms with Gasteiger partial charge in [0.05, 0.1) is 0 Å². The number of esters is 1. The highest BCUT2D eigenvalue weighted by Gasteiger charge is 2.37. The molecule has 1 N–H and O–H groups in total. The summed E-state index contributed by atoms with van der Waals surface area (Å²) in [4.78, 5) is 38.1. The summed E-state index contributed by atoms with van der Waals surface area (Å²) in [6.45, 7) is 9.63. The molecule has 2 rings (SSSR count). The first kappa shape index (κ1) is 22.7. The number of hydrogen-bond acceptors (Lipinski definition) is 5. The van der Waals surface area contributed by atoms with Crippen LogP contribution in [0, 0.1) is 0 Å². The molecule has 29 heavy (non-hydrogen) atoms. The first-order valence-corrected chi connectivity index (χ1v) is 10.2. The molecule has 7 heteroatoms. The van der Waals surface area contributed by atoms with Gasteiger partial charge in [0.25, 0.3) is 5.91 Å². The maximum atomic E-state index is 12.4. The lowest BCUT2D eigenvalue weighted by molar-refractivity contribution is -0.151. The predicted octanol–water partition coefficient (Wildman–Crippen LogP) is 4.08. The zero-order valence-electron chi connectivity index (χ0n) is 18.0. The Hall–Kier alpha value is -2.57. The molecule has 0 bridgehead atoms. The molecular formula is C22H32N2O5. The van der Waals surface area contributed by atoms with Gasteiger partial charge < -0.3 is 14.8 Å². The quantitative estimate of drug-likeness (QED) is 0.722. The Bertz CT molecular complexity index is 724. The van der Waals surface area contributed by atoms with Gasteiger partial charge in [-0.1, -0.05) is 26.0 Å². The van der Waals surface area contributed by atoms with E-state index < -0.39 is 36.2 Å². The standard InChI is InChI=1S/C22H32N2O5/c1-6-15(2)16-9-11-17(12-10-16)23-19(25)14-28-20(26)18-8-7-13-24(18)21(27)29-22(3,4)5/h9-12,15,18H,6-8,13-14H2,1-5H3,(H,23,25)/t15-,18-/m0/s1. The number of nitrogens with one attached hydrogen (secondary N) is 1. The van der Waals surface area contributed by atoms with E-state index in [0.717, 1.165) is 6.42 Å². The van der Waals surface area contributed by atoms with Crippen LogP contribution < -0.4 is 5.32 Å². The van der Waals surface area contributed by atoms with E-state index in [-0.39, 0.29) is 0 Å². The molecule has 0 aliphatic carbocycles. The van der Waals surface area contributed by atoms with Crippen LogP contribution in [0.2, 0.25) is 0 Å². The summed E-state index contributed by atoms with van der Waals surface area (Å²) in [7, 11) is 0. The molecule has 0 spiro atoms. The van der Waals surface area contributed by atoms with E-state index in [1.807, 2.05) is 24.3 Å². The van der Waals surface area contributed by atoms with Gasteiger partial charge in [-0.3, -0.25) is 9.69 Å². The molecule has 1 aromatic carbocycles. The molecule has 0 saturated carbocycles. The Labute approximate surface area is 172 Å². The summed E-state index contributed by atoms with van der Waals surface area (Å²) in [5, 5.41) is 2.72. The van der Waals surface area contributed by atoms with Crippen LogP contribution in [0.3, 0.4) is 0 Å². The van der Waals surface area contributed by atoms with E-state index in [4.69, 9.17) is 9.47 Å². The van der Waals surface area contributed by atoms with E-state index in [9.17, 15) is 14.4 Å². The number of carbonyl (C=O) groups excluding carboxylic acids is 3. The van der Waals surface area contributed by atoms with Crippen LogP contribution in [0.25, 0.3) is 0 Å². The van der Waals surface area contributed by atoms with Crippen molar-refractivity contribution in [3.05, 3.63) is 29.8 Å². The van der Waals surface area contributed by atoms with Gasteiger partial charge in [-0.05, 0) is 63.6 Å². The minimum atomic E-state index is -0.715. The van der Waals surface area contributed by atoms with Crippen molar-refractivity contribution >= 4 is 23.7 Å². The molecule has 2 amide bonds. The Morgan fingerprint density at radius 1 is 1.21 bits per heavy atom. The number of hydrogen-bond donors (Lipinski definition) is 1. The third-order valence-corrected chi connectivity index (χ3v) is 4.87. The fourth-order valence-corrected chi connectivity index (χ4v) is 3.11. The van der Waals surface area contributed by atoms with Crippen molar-refractivity contribution in [2.24, 2.45) is 0 Å². The zero-order chi connectivity index (χ0) is 21.6. The van der Waals surface area contributed by atoms with Crippen molar-refractivity contribution in [3.8, 4) is 0 Å². The first-order valence-electron chi connectivity index (χ1n) is 10.2. The van der Waals surface area contributed by atoms with Crippen molar-refractivity contribution in [2.45, 2.75) is 71.4 Å². The Morgan fingerprint density at radius 2 is 1.86 bits per heavy atom. The summed E-state index contributed by atoms with van der Waals surface area (Å²) in [6.07, 6.45) is 1.69. The van der Waals surface area contributed by atoms with Gasteiger partial charge >= 0.3 is 12.1 Å². The molecule has 7 nitrogen and oxygen atoms in total. The number of likely N-dealkylation sites (tertiary alicyclic amines) is 1. The lowest BCUT2D eigenvalue weighted by Gasteiger charge is -2.27. The largest absolute Gasteiger partial charge is 0.454 e. The number of rotatable bonds is 6. The molecule has 0 radical (unpaired) electrons. The fraction of sp³-hybridized carbons (Fsp3) is 0.591. The molecule has 160 valence electrons. The number of ether oxygens (including phenoxy) is 2. The average molecular weight is 405 g/mol. The Balaban J connectivity index is 1.84. The average Bonchev–Trinajstić information content (AvgIpc) is 3.15. The lowest BCUT2D eigenvalue weighted by Crippen LogP contribution is -2.44. The molecule has 1 saturated heterocycles. The molecule has 0 unspecified atom stereocenters. The van der Waals surface area contributed by atoms with Crippen LogP contribution in [0.1, 0.15) is 65.4 Å². The van der Waals surface area contributed by atoms with Gasteiger partial charge in [0.2, 0.25) is 0 Å². The molecule has 1 heterocycles. The number of anilines is 1. The second kappa shape index (κ2) is 9.76. The summed E-state index contributed by atoms with van der Waals surface area (Å²) in [6, 6.07) is 6.91. The van der Waals surface area contributed by atoms with Crippen molar-refractivity contribution in [1.29, 1.82) is 0 Å². The van der Waals surface area contributed by atoms with Crippen molar-refractivity contribution in [2.75, 3.05) is 18.5 Å². The van der Waals surface area contributed by atoms with E-state index in [1.54, 1.807) is 20.8 Å². The number of amides is 2. The smallest absolute Gasteiger partial charge is 0.411 e. The SMILES string of the molecule is CC[C@H](C)c1ccc(NC(=O)COC(=O)[C@@H]2CCCN2C(=O)OC(C)(C)C)cc1. The van der Waals surface area contributed by atoms with Gasteiger partial charge in [0.1, 0.15) is 11.6 Å². The molecule has 1 aromatic rings. The normalized spacial score (nSPS) is 17.6. The third-order valence-electron chi connectivity index (χ3n) is 4.87. The topological polar surface area (TPSA) is 84.9 Å². The monoisotopic (exact) mass is 404 g/mol. The van der Waals surface area contributed by atoms with Gasteiger partial charge in [0.15, 0.2) is 6.61 Å². The molecule has 2 atom stereocenters. The van der Waals surface area contributed by atoms with Crippen LogP contribution in [0.5, 0.6) is 0 Å². The first-order chi connectivity index (χ1) is 13.6. The number of nitrogens with zero attached hydrogens (tertiary/aromatic N) is 1. The van der Waals surface area contributed by atoms with E-state index >= 15 is 0 Å². The molecule has 1 aliphatic heterocycles. The minimum Gasteiger partial charge on any atom is -0.454 e. The second-order valence-electron chi connectivity index (χ2n) is 8.42. The molecule has 1 fully saturated rings. The lowest BCUT2D eigenvalue weighted by atomic mass is 9.99. The van der Waals surface area contributed by atoms with Crippen LogP contribution in [0.4, 0.5) is 10.5 Å². The third kappa shape index (κ3) is 6.76. The number of benzene rings is 1. The van der Waals surface area contributed by atoms with Crippen molar-refractivity contribution in [3.63, 3.8) is 0 Å². The highest BCUT2D eigenvalue weighted by molar-refractivity contribution is 5.93. The van der Waals surface area contributed by atoms with E-state index in [0.29, 0.717) is 31.0 Å². The van der Waals surface area contributed by atoms with Gasteiger partial charge in [-0.25, -0.2) is 9.59 Å². The van der Waals surface area contributed by atoms with E-state index in [2.05, 4.69) is 19.2 Å². The number of carbonyl (C=O) groups is 3. The van der Waals surface area contributed by atoms with Crippen molar-refractivity contribution in [1.82, 2.24) is 4.90 Å². The van der Waals surface area contributed by atoms with Crippen LogP contribution >= 0.6 is 0 Å². The predicted molar refractivity (Wildman–Crippen MR) is 111 cm³/mol. The highest BCUT2D eigenvalue weighted by atomic mass is 16.6. The van der Waals surface area contributed by atoms with Crippen molar-refractivity contribution < 1.29 is 23.9 Å². The van der Waals surface area contributed by atoms with Crippen LogP contribution in [-0.4, -0.2) is 47.7 Å². The van der Waals surface area contributed by atoms with Crippen LogP contribution in [-0.2, 0) is 19.1 Å². The second-order valence-corrected chi connectivity index (χ2v) is 8.42. The maximum Gasteiger partial charge on any atom is 0.411 e. The zero-order valence-corrected chi connectivity index (χ0v) is 18.0. The molecule has 1 aliphatic rings. The Morgan fingerprint density at radius 3 is 2.45 bits per heavy atom. The summed E-state index contributed by atoms with van der Waals surface area (Å²) in [5.41, 5.74) is 1.22. The van der Waals surface area contributed by atoms with Gasteiger partial charge in [-0.15, -0.1) is 0 Å². The summed E-state index contributed by atoms with van der Waals surface area (Å²) < 4.78 is 10.5.